The second-order valence-corrected chi connectivity index (χ2v) is 7.16. The van der Waals surface area contributed by atoms with Gasteiger partial charge in [0.25, 0.3) is 0 Å². The molecule has 1 aliphatic heterocycles. The minimum atomic E-state index is -0.253. The normalized spacial score (nSPS) is 23.2. The molecule has 0 spiro atoms. The van der Waals surface area contributed by atoms with Crippen molar-refractivity contribution >= 4 is 11.7 Å². The highest BCUT2D eigenvalue weighted by atomic mass is 16.5. The van der Waals surface area contributed by atoms with Crippen LogP contribution < -0.4 is 0 Å². The number of H-pyrrole nitrogens is 1. The molecule has 24 heavy (non-hydrogen) atoms. The van der Waals surface area contributed by atoms with Gasteiger partial charge in [0.2, 0.25) is 0 Å². The first-order valence-corrected chi connectivity index (χ1v) is 9.09. The molecule has 0 amide bonds. The number of carbonyl (C=O) groups is 1. The van der Waals surface area contributed by atoms with E-state index in [1.54, 1.807) is 0 Å². The Morgan fingerprint density at radius 2 is 2.04 bits per heavy atom. The molecule has 3 rings (SSSR count). The molecule has 1 N–H and O–H groups in total. The Labute approximate surface area is 144 Å². The summed E-state index contributed by atoms with van der Waals surface area (Å²) < 4.78 is 5.59. The van der Waals surface area contributed by atoms with Crippen LogP contribution in [-0.4, -0.2) is 23.3 Å². The molecule has 1 unspecified atom stereocenters. The van der Waals surface area contributed by atoms with E-state index in [4.69, 9.17) is 9.73 Å². The Bertz CT molecular complexity index is 711. The molecule has 1 aliphatic carbocycles. The number of aromatic nitrogens is 1. The van der Waals surface area contributed by atoms with Crippen LogP contribution >= 0.6 is 0 Å². The Morgan fingerprint density at radius 3 is 2.71 bits per heavy atom. The number of carbonyl (C=O) groups excluding carboxylic acids is 1. The van der Waals surface area contributed by atoms with Gasteiger partial charge in [-0.05, 0) is 76.5 Å². The molecule has 130 valence electrons. The molecule has 0 fully saturated rings. The first-order chi connectivity index (χ1) is 11.5. The molecule has 0 bridgehead atoms. The van der Waals surface area contributed by atoms with Gasteiger partial charge in [-0.2, -0.15) is 0 Å². The topological polar surface area (TPSA) is 54.5 Å². The monoisotopic (exact) mass is 328 g/mol. The van der Waals surface area contributed by atoms with Crippen molar-refractivity contribution in [2.24, 2.45) is 10.4 Å². The van der Waals surface area contributed by atoms with Gasteiger partial charge >= 0.3 is 5.97 Å². The van der Waals surface area contributed by atoms with E-state index in [9.17, 15) is 4.79 Å². The third-order valence-corrected chi connectivity index (χ3v) is 5.73. The molecule has 2 aliphatic rings. The van der Waals surface area contributed by atoms with Crippen LogP contribution in [0, 0.1) is 19.3 Å². The summed E-state index contributed by atoms with van der Waals surface area (Å²) in [5.74, 6) is -0.253. The molecule has 2 heterocycles. The Kier molecular flexibility index (Phi) is 4.66. The fraction of sp³-hybridized carbons (Fsp3) is 0.600. The van der Waals surface area contributed by atoms with Crippen molar-refractivity contribution in [2.45, 2.75) is 66.2 Å². The molecule has 0 saturated carbocycles. The minimum Gasteiger partial charge on any atom is -0.461 e. The number of hydrogen-bond acceptors (Lipinski definition) is 3. The number of allylic oxidation sites excluding steroid dienone is 2. The smallest absolute Gasteiger partial charge is 0.355 e. The highest BCUT2D eigenvalue weighted by molar-refractivity contribution is 5.94. The van der Waals surface area contributed by atoms with Crippen LogP contribution in [0.4, 0.5) is 0 Å². The van der Waals surface area contributed by atoms with Crippen LogP contribution in [0.5, 0.6) is 0 Å². The number of aromatic amines is 1. The van der Waals surface area contributed by atoms with Gasteiger partial charge in [-0.1, -0.05) is 6.92 Å². The van der Waals surface area contributed by atoms with Crippen LogP contribution in [0.15, 0.2) is 22.3 Å². The number of aryl methyl sites for hydroxylation is 2. The zero-order valence-electron chi connectivity index (χ0n) is 15.3. The third kappa shape index (κ3) is 2.83. The van der Waals surface area contributed by atoms with Crippen LogP contribution in [0.1, 0.15) is 74.1 Å². The average molecular weight is 328 g/mol. The van der Waals surface area contributed by atoms with E-state index in [0.29, 0.717) is 12.3 Å². The van der Waals surface area contributed by atoms with Crippen molar-refractivity contribution in [3.05, 3.63) is 34.3 Å². The summed E-state index contributed by atoms with van der Waals surface area (Å²) in [4.78, 5) is 20.3. The standard InChI is InChI=1S/C20H28N2O2/c1-5-20(15(4)22-17-9-7-6-8-16(17)20)10-11-24-19(23)18-13(2)12-14(3)21-18/h12,21H,5-11H2,1-4H3. The molecule has 1 aromatic heterocycles. The summed E-state index contributed by atoms with van der Waals surface area (Å²) in [6.07, 6.45) is 6.61. The number of ether oxygens (including phenoxy) is 1. The van der Waals surface area contributed by atoms with Crippen LogP contribution in [0.3, 0.4) is 0 Å². The van der Waals surface area contributed by atoms with Gasteiger partial charge in [-0.3, -0.25) is 4.99 Å². The van der Waals surface area contributed by atoms with Gasteiger partial charge in [-0.25, -0.2) is 4.79 Å². The van der Waals surface area contributed by atoms with Crippen molar-refractivity contribution < 1.29 is 9.53 Å². The lowest BCUT2D eigenvalue weighted by atomic mass is 9.70. The molecule has 1 atom stereocenters. The van der Waals surface area contributed by atoms with Crippen molar-refractivity contribution in [3.63, 3.8) is 0 Å². The van der Waals surface area contributed by atoms with E-state index < -0.39 is 0 Å². The second-order valence-electron chi connectivity index (χ2n) is 7.16. The molecule has 1 aromatic rings. The van der Waals surface area contributed by atoms with E-state index in [2.05, 4.69) is 18.8 Å². The molecule has 4 nitrogen and oxygen atoms in total. The Hall–Kier alpha value is -1.84. The van der Waals surface area contributed by atoms with E-state index in [-0.39, 0.29) is 11.4 Å². The maximum Gasteiger partial charge on any atom is 0.355 e. The molecule has 0 radical (unpaired) electrons. The average Bonchev–Trinajstić information content (AvgIpc) is 3.04. The SMILES string of the molecule is CCC1(CCOC(=O)c2[nH]c(C)cc2C)C(C)=NC2=C1CCCC2. The lowest BCUT2D eigenvalue weighted by Gasteiger charge is -2.33. The van der Waals surface area contributed by atoms with Gasteiger partial charge in [0.15, 0.2) is 0 Å². The highest BCUT2D eigenvalue weighted by Gasteiger charge is 2.42. The second kappa shape index (κ2) is 6.58. The Morgan fingerprint density at radius 1 is 1.29 bits per heavy atom. The Balaban J connectivity index is 1.68. The van der Waals surface area contributed by atoms with Crippen molar-refractivity contribution in [2.75, 3.05) is 6.61 Å². The lowest BCUT2D eigenvalue weighted by Crippen LogP contribution is -2.31. The van der Waals surface area contributed by atoms with Gasteiger partial charge in [0.05, 0.1) is 6.61 Å². The number of rotatable bonds is 5. The molecule has 0 saturated heterocycles. The number of nitrogens with zero attached hydrogens (tertiary/aromatic N) is 1. The zero-order valence-corrected chi connectivity index (χ0v) is 15.3. The van der Waals surface area contributed by atoms with Gasteiger partial charge in [-0.15, -0.1) is 0 Å². The number of hydrogen-bond donors (Lipinski definition) is 1. The van der Waals surface area contributed by atoms with E-state index >= 15 is 0 Å². The van der Waals surface area contributed by atoms with Crippen LogP contribution in [0.2, 0.25) is 0 Å². The summed E-state index contributed by atoms with van der Waals surface area (Å²) in [5, 5.41) is 0. The summed E-state index contributed by atoms with van der Waals surface area (Å²) in [6.45, 7) is 8.69. The minimum absolute atomic E-state index is 0.0106. The first kappa shape index (κ1) is 17.0. The van der Waals surface area contributed by atoms with E-state index in [1.165, 1.54) is 29.8 Å². The van der Waals surface area contributed by atoms with Crippen molar-refractivity contribution in [3.8, 4) is 0 Å². The van der Waals surface area contributed by atoms with Crippen LogP contribution in [0.25, 0.3) is 0 Å². The summed E-state index contributed by atoms with van der Waals surface area (Å²) in [5.41, 5.74) is 6.54. The largest absolute Gasteiger partial charge is 0.461 e. The number of aliphatic imine (C=N–C) groups is 1. The van der Waals surface area contributed by atoms with E-state index in [1.807, 2.05) is 19.9 Å². The predicted molar refractivity (Wildman–Crippen MR) is 96.5 cm³/mol. The fourth-order valence-electron chi connectivity index (χ4n) is 4.36. The van der Waals surface area contributed by atoms with Gasteiger partial charge < -0.3 is 9.72 Å². The zero-order chi connectivity index (χ0) is 17.3. The fourth-order valence-corrected chi connectivity index (χ4v) is 4.36. The first-order valence-electron chi connectivity index (χ1n) is 9.09. The van der Waals surface area contributed by atoms with Gasteiger partial charge in [0, 0.05) is 22.5 Å². The third-order valence-electron chi connectivity index (χ3n) is 5.73. The molecular formula is C20H28N2O2. The van der Waals surface area contributed by atoms with Crippen molar-refractivity contribution in [1.29, 1.82) is 0 Å². The summed E-state index contributed by atoms with van der Waals surface area (Å²) in [6, 6.07) is 1.97. The van der Waals surface area contributed by atoms with Crippen LogP contribution in [-0.2, 0) is 4.74 Å². The highest BCUT2D eigenvalue weighted by Crippen LogP contribution is 2.48. The maximum absolute atomic E-state index is 12.3. The lowest BCUT2D eigenvalue weighted by molar-refractivity contribution is 0.0468. The maximum atomic E-state index is 12.3. The molecule has 0 aromatic carbocycles. The molecular weight excluding hydrogens is 300 g/mol. The number of nitrogens with one attached hydrogen (secondary N) is 1. The molecule has 4 heteroatoms. The summed E-state index contributed by atoms with van der Waals surface area (Å²) >= 11 is 0. The number of esters is 1. The summed E-state index contributed by atoms with van der Waals surface area (Å²) in [7, 11) is 0. The quantitative estimate of drug-likeness (QED) is 0.783. The van der Waals surface area contributed by atoms with Gasteiger partial charge in [0.1, 0.15) is 5.69 Å². The predicted octanol–water partition coefficient (Wildman–Crippen LogP) is 4.88. The van der Waals surface area contributed by atoms with Crippen molar-refractivity contribution in [1.82, 2.24) is 4.98 Å². The van der Waals surface area contributed by atoms with E-state index in [0.717, 1.165) is 36.9 Å².